The first kappa shape index (κ1) is 10.2. The number of carbonyl (C=O) groups excluding carboxylic acids is 1. The summed E-state index contributed by atoms with van der Waals surface area (Å²) in [6, 6.07) is 3.57. The van der Waals surface area contributed by atoms with Crippen LogP contribution in [0.1, 0.15) is 19.3 Å². The van der Waals surface area contributed by atoms with Crippen molar-refractivity contribution >= 4 is 11.8 Å². The van der Waals surface area contributed by atoms with Crippen LogP contribution in [0.4, 0.5) is 5.88 Å². The van der Waals surface area contributed by atoms with Crippen molar-refractivity contribution in [2.75, 3.05) is 18.5 Å². The lowest BCUT2D eigenvalue weighted by Gasteiger charge is -2.21. The molecular formula is C11H16N2O2. The normalized spacial score (nSPS) is 22.9. The molecule has 2 rings (SSSR count). The molecule has 1 fully saturated rings. The monoisotopic (exact) mass is 208 g/mol. The van der Waals surface area contributed by atoms with Gasteiger partial charge in [-0.1, -0.05) is 0 Å². The molecule has 2 heterocycles. The van der Waals surface area contributed by atoms with Gasteiger partial charge in [0.05, 0.1) is 12.3 Å². The zero-order valence-electron chi connectivity index (χ0n) is 8.90. The summed E-state index contributed by atoms with van der Waals surface area (Å²) in [4.78, 5) is 13.8. The minimum absolute atomic E-state index is 0.0717. The number of hydrogen-bond donors (Lipinski definition) is 1. The van der Waals surface area contributed by atoms with Crippen LogP contribution in [-0.4, -0.2) is 25.5 Å². The predicted octanol–water partition coefficient (Wildman–Crippen LogP) is 1.38. The van der Waals surface area contributed by atoms with Gasteiger partial charge >= 0.3 is 0 Å². The van der Waals surface area contributed by atoms with E-state index >= 15 is 0 Å². The molecule has 1 atom stereocenters. The van der Waals surface area contributed by atoms with E-state index in [2.05, 4.69) is 5.32 Å². The number of likely N-dealkylation sites (N-methyl/N-ethyl adjacent to an activating group) is 1. The predicted molar refractivity (Wildman–Crippen MR) is 57.8 cm³/mol. The first-order chi connectivity index (χ1) is 7.33. The Bertz CT molecular complexity index is 321. The third kappa shape index (κ3) is 2.04. The summed E-state index contributed by atoms with van der Waals surface area (Å²) in [6.45, 7) is 0.754. The molecule has 4 heteroatoms. The summed E-state index contributed by atoms with van der Waals surface area (Å²) in [7, 11) is 1.83. The van der Waals surface area contributed by atoms with Gasteiger partial charge in [0.15, 0.2) is 0 Å². The standard InChI is InChI=1S/C11H16N2O2/c1-12-9-5-2-3-7-13(11(9)14)10-6-4-8-15-10/h4,6,8-9,12H,2-3,5,7H2,1H3. The molecule has 1 aliphatic rings. The van der Waals surface area contributed by atoms with E-state index in [0.717, 1.165) is 25.8 Å². The van der Waals surface area contributed by atoms with Gasteiger partial charge in [-0.05, 0) is 32.4 Å². The molecule has 0 aromatic carbocycles. The number of amides is 1. The van der Waals surface area contributed by atoms with Crippen LogP contribution >= 0.6 is 0 Å². The Morgan fingerprint density at radius 2 is 2.40 bits per heavy atom. The van der Waals surface area contributed by atoms with Gasteiger partial charge in [-0.15, -0.1) is 0 Å². The number of carbonyl (C=O) groups is 1. The smallest absolute Gasteiger partial charge is 0.246 e. The van der Waals surface area contributed by atoms with Crippen LogP contribution in [0, 0.1) is 0 Å². The Morgan fingerprint density at radius 1 is 1.53 bits per heavy atom. The molecule has 1 aliphatic heterocycles. The highest BCUT2D eigenvalue weighted by Gasteiger charge is 2.27. The van der Waals surface area contributed by atoms with E-state index in [4.69, 9.17) is 4.42 Å². The van der Waals surface area contributed by atoms with Crippen molar-refractivity contribution in [2.45, 2.75) is 25.3 Å². The first-order valence-electron chi connectivity index (χ1n) is 5.35. The van der Waals surface area contributed by atoms with E-state index in [-0.39, 0.29) is 11.9 Å². The molecule has 0 radical (unpaired) electrons. The minimum atomic E-state index is -0.0717. The van der Waals surface area contributed by atoms with Crippen molar-refractivity contribution in [3.63, 3.8) is 0 Å². The van der Waals surface area contributed by atoms with Crippen LogP contribution in [0.15, 0.2) is 22.8 Å². The molecule has 1 aromatic rings. The van der Waals surface area contributed by atoms with Crippen LogP contribution in [0.3, 0.4) is 0 Å². The second kappa shape index (κ2) is 4.49. The minimum Gasteiger partial charge on any atom is -0.448 e. The molecule has 0 spiro atoms. The molecule has 15 heavy (non-hydrogen) atoms. The highest BCUT2D eigenvalue weighted by molar-refractivity contribution is 5.96. The Kier molecular flexibility index (Phi) is 3.06. The number of furan rings is 1. The zero-order valence-corrected chi connectivity index (χ0v) is 8.90. The van der Waals surface area contributed by atoms with Crippen molar-refractivity contribution in [3.8, 4) is 0 Å². The molecule has 4 nitrogen and oxygen atoms in total. The molecule has 1 N–H and O–H groups in total. The van der Waals surface area contributed by atoms with E-state index < -0.39 is 0 Å². The summed E-state index contributed by atoms with van der Waals surface area (Å²) in [5.41, 5.74) is 0. The lowest BCUT2D eigenvalue weighted by atomic mass is 10.1. The highest BCUT2D eigenvalue weighted by Crippen LogP contribution is 2.20. The fourth-order valence-corrected chi connectivity index (χ4v) is 1.95. The van der Waals surface area contributed by atoms with E-state index in [1.807, 2.05) is 19.2 Å². The highest BCUT2D eigenvalue weighted by atomic mass is 16.3. The average molecular weight is 208 g/mol. The van der Waals surface area contributed by atoms with Gasteiger partial charge in [-0.2, -0.15) is 0 Å². The summed E-state index contributed by atoms with van der Waals surface area (Å²) >= 11 is 0. The maximum absolute atomic E-state index is 12.1. The second-order valence-corrected chi connectivity index (χ2v) is 3.78. The van der Waals surface area contributed by atoms with Gasteiger partial charge in [0.1, 0.15) is 0 Å². The lowest BCUT2D eigenvalue weighted by molar-refractivity contribution is -0.120. The third-order valence-corrected chi connectivity index (χ3v) is 2.81. The van der Waals surface area contributed by atoms with Crippen molar-refractivity contribution in [2.24, 2.45) is 0 Å². The number of nitrogens with zero attached hydrogens (tertiary/aromatic N) is 1. The van der Waals surface area contributed by atoms with Crippen LogP contribution in [0.2, 0.25) is 0 Å². The van der Waals surface area contributed by atoms with E-state index in [1.165, 1.54) is 0 Å². The summed E-state index contributed by atoms with van der Waals surface area (Å²) in [5.74, 6) is 0.770. The third-order valence-electron chi connectivity index (χ3n) is 2.81. The summed E-state index contributed by atoms with van der Waals surface area (Å²) in [5, 5.41) is 3.05. The van der Waals surface area contributed by atoms with Gasteiger partial charge in [0.25, 0.3) is 0 Å². The molecule has 1 saturated heterocycles. The van der Waals surface area contributed by atoms with Gasteiger partial charge in [-0.25, -0.2) is 0 Å². The first-order valence-corrected chi connectivity index (χ1v) is 5.35. The average Bonchev–Trinajstić information content (AvgIpc) is 2.70. The summed E-state index contributed by atoms with van der Waals surface area (Å²) < 4.78 is 5.27. The number of nitrogens with one attached hydrogen (secondary N) is 1. The van der Waals surface area contributed by atoms with Gasteiger partial charge in [0.2, 0.25) is 11.8 Å². The van der Waals surface area contributed by atoms with E-state index in [9.17, 15) is 4.79 Å². The van der Waals surface area contributed by atoms with Crippen molar-refractivity contribution in [1.82, 2.24) is 5.32 Å². The van der Waals surface area contributed by atoms with Crippen molar-refractivity contribution < 1.29 is 9.21 Å². The quantitative estimate of drug-likeness (QED) is 0.798. The van der Waals surface area contributed by atoms with Crippen molar-refractivity contribution in [1.29, 1.82) is 0 Å². The molecule has 82 valence electrons. The Balaban J connectivity index is 2.19. The molecule has 0 saturated carbocycles. The SMILES string of the molecule is CNC1CCCCN(c2ccco2)C1=O. The molecule has 0 bridgehead atoms. The molecule has 1 aromatic heterocycles. The Labute approximate surface area is 89.2 Å². The Morgan fingerprint density at radius 3 is 3.07 bits per heavy atom. The second-order valence-electron chi connectivity index (χ2n) is 3.78. The molecule has 1 amide bonds. The lowest BCUT2D eigenvalue weighted by Crippen LogP contribution is -2.43. The maximum Gasteiger partial charge on any atom is 0.246 e. The van der Waals surface area contributed by atoms with Gasteiger partial charge in [0, 0.05) is 12.6 Å². The van der Waals surface area contributed by atoms with E-state index in [1.54, 1.807) is 11.2 Å². The van der Waals surface area contributed by atoms with Crippen LogP contribution < -0.4 is 10.2 Å². The van der Waals surface area contributed by atoms with E-state index in [0.29, 0.717) is 5.88 Å². The fraction of sp³-hybridized carbons (Fsp3) is 0.545. The van der Waals surface area contributed by atoms with Gasteiger partial charge < -0.3 is 9.73 Å². The van der Waals surface area contributed by atoms with Crippen LogP contribution in [0.25, 0.3) is 0 Å². The van der Waals surface area contributed by atoms with Gasteiger partial charge in [-0.3, -0.25) is 9.69 Å². The number of rotatable bonds is 2. The van der Waals surface area contributed by atoms with Crippen LogP contribution in [0.5, 0.6) is 0 Å². The maximum atomic E-state index is 12.1. The topological polar surface area (TPSA) is 45.5 Å². The Hall–Kier alpha value is -1.29. The number of hydrogen-bond acceptors (Lipinski definition) is 3. The molecule has 0 aliphatic carbocycles. The summed E-state index contributed by atoms with van der Waals surface area (Å²) in [6.07, 6.45) is 4.62. The fourth-order valence-electron chi connectivity index (χ4n) is 1.95. The zero-order chi connectivity index (χ0) is 10.7. The molecular weight excluding hydrogens is 192 g/mol. The van der Waals surface area contributed by atoms with Crippen molar-refractivity contribution in [3.05, 3.63) is 18.4 Å². The van der Waals surface area contributed by atoms with Crippen LogP contribution in [-0.2, 0) is 4.79 Å². The number of anilines is 1. The molecule has 1 unspecified atom stereocenters. The largest absolute Gasteiger partial charge is 0.448 e.